The zero-order valence-corrected chi connectivity index (χ0v) is 16.6. The average molecular weight is 407 g/mol. The maximum atomic E-state index is 12.9. The van der Waals surface area contributed by atoms with Gasteiger partial charge in [0.25, 0.3) is 11.8 Å². The molecule has 4 atom stereocenters. The molecule has 29 heavy (non-hydrogen) atoms. The van der Waals surface area contributed by atoms with Crippen LogP contribution >= 0.6 is 11.6 Å². The Morgan fingerprint density at radius 1 is 1.10 bits per heavy atom. The summed E-state index contributed by atoms with van der Waals surface area (Å²) in [5.41, 5.74) is 2.14. The molecule has 6 heteroatoms. The van der Waals surface area contributed by atoms with Gasteiger partial charge in [-0.05, 0) is 66.8 Å². The number of imide groups is 1. The van der Waals surface area contributed by atoms with Crippen molar-refractivity contribution in [1.29, 1.82) is 0 Å². The number of hydrogen-bond donors (Lipinski definition) is 0. The number of allylic oxidation sites excluding steroid dienone is 2. The number of benzene rings is 1. The lowest BCUT2D eigenvalue weighted by atomic mass is 9.85. The first-order valence-electron chi connectivity index (χ1n) is 9.96. The zero-order chi connectivity index (χ0) is 19.9. The number of hydrazone groups is 1. The third kappa shape index (κ3) is 2.25. The molecular formula is C23H19ClN2O3. The maximum absolute atomic E-state index is 12.9. The van der Waals surface area contributed by atoms with Crippen LogP contribution in [0.2, 0.25) is 5.02 Å². The molecule has 1 aromatic heterocycles. The molecular weight excluding hydrogens is 388 g/mol. The number of hydrogen-bond acceptors (Lipinski definition) is 4. The van der Waals surface area contributed by atoms with Crippen LogP contribution in [0.5, 0.6) is 0 Å². The summed E-state index contributed by atoms with van der Waals surface area (Å²) in [5.74, 6) is 0.743. The molecule has 1 aliphatic heterocycles. The van der Waals surface area contributed by atoms with Crippen molar-refractivity contribution in [2.45, 2.75) is 19.8 Å². The van der Waals surface area contributed by atoms with E-state index in [1.54, 1.807) is 6.07 Å². The maximum Gasteiger partial charge on any atom is 0.254 e. The Labute approximate surface area is 173 Å². The van der Waals surface area contributed by atoms with Gasteiger partial charge in [0.2, 0.25) is 0 Å². The van der Waals surface area contributed by atoms with Gasteiger partial charge in [0.05, 0.1) is 18.1 Å². The molecule has 2 amide bonds. The van der Waals surface area contributed by atoms with Crippen molar-refractivity contribution in [3.63, 3.8) is 0 Å². The quantitative estimate of drug-likeness (QED) is 0.430. The normalized spacial score (nSPS) is 30.9. The lowest BCUT2D eigenvalue weighted by Gasteiger charge is -2.18. The molecule has 4 aliphatic rings. The first-order valence-corrected chi connectivity index (χ1v) is 10.3. The number of halogens is 1. The highest BCUT2D eigenvalue weighted by molar-refractivity contribution is 6.30. The van der Waals surface area contributed by atoms with Gasteiger partial charge in [-0.1, -0.05) is 29.8 Å². The van der Waals surface area contributed by atoms with Crippen molar-refractivity contribution >= 4 is 29.6 Å². The van der Waals surface area contributed by atoms with Gasteiger partial charge < -0.3 is 4.42 Å². The van der Waals surface area contributed by atoms with Crippen molar-refractivity contribution in [3.05, 3.63) is 58.8 Å². The van der Waals surface area contributed by atoms with Crippen molar-refractivity contribution in [2.75, 3.05) is 0 Å². The number of amides is 2. The summed E-state index contributed by atoms with van der Waals surface area (Å²) in [6.45, 7) is 1.98. The van der Waals surface area contributed by atoms with Crippen molar-refractivity contribution in [2.24, 2.45) is 34.2 Å². The highest BCUT2D eigenvalue weighted by Gasteiger charge is 2.73. The van der Waals surface area contributed by atoms with Gasteiger partial charge in [0.1, 0.15) is 11.5 Å². The van der Waals surface area contributed by atoms with E-state index in [-0.39, 0.29) is 40.9 Å². The molecule has 1 spiro atoms. The smallest absolute Gasteiger partial charge is 0.254 e. The molecule has 3 fully saturated rings. The molecule has 146 valence electrons. The zero-order valence-electron chi connectivity index (χ0n) is 15.8. The van der Waals surface area contributed by atoms with Crippen LogP contribution in [0, 0.1) is 36.0 Å². The van der Waals surface area contributed by atoms with Crippen molar-refractivity contribution in [3.8, 4) is 11.3 Å². The number of nitrogens with zero attached hydrogens (tertiary/aromatic N) is 2. The number of carbonyl (C=O) groups is 2. The second kappa shape index (κ2) is 5.70. The van der Waals surface area contributed by atoms with E-state index in [1.807, 2.05) is 31.2 Å². The first-order chi connectivity index (χ1) is 14.0. The summed E-state index contributed by atoms with van der Waals surface area (Å²) in [7, 11) is 0. The Morgan fingerprint density at radius 3 is 2.45 bits per heavy atom. The van der Waals surface area contributed by atoms with E-state index in [4.69, 9.17) is 16.0 Å². The van der Waals surface area contributed by atoms with Crippen LogP contribution < -0.4 is 0 Å². The SMILES string of the molecule is Cc1ccc(Cl)cc1-c1ccc(/C=N\N2C(=O)[C@@H]3[C@@H](C2=O)[C@H]2C=C[C@H]3C23CC3)o1. The van der Waals surface area contributed by atoms with E-state index >= 15 is 0 Å². The van der Waals surface area contributed by atoms with E-state index in [1.165, 1.54) is 6.21 Å². The van der Waals surface area contributed by atoms with Crippen LogP contribution in [0.15, 0.2) is 52.0 Å². The molecule has 6 rings (SSSR count). The number of furan rings is 1. The van der Waals surface area contributed by atoms with E-state index in [0.717, 1.165) is 29.0 Å². The molecule has 2 bridgehead atoms. The average Bonchev–Trinajstić information content (AvgIpc) is 2.99. The molecule has 5 nitrogen and oxygen atoms in total. The van der Waals surface area contributed by atoms with Gasteiger partial charge >= 0.3 is 0 Å². The summed E-state index contributed by atoms with van der Waals surface area (Å²) in [6.07, 6.45) is 8.02. The predicted octanol–water partition coefficient (Wildman–Crippen LogP) is 4.44. The number of aryl methyl sites for hydroxylation is 1. The van der Waals surface area contributed by atoms with Crippen LogP contribution in [0.4, 0.5) is 0 Å². The fourth-order valence-electron chi connectivity index (χ4n) is 5.72. The van der Waals surface area contributed by atoms with Crippen LogP contribution in [0.3, 0.4) is 0 Å². The molecule has 3 aliphatic carbocycles. The number of carbonyl (C=O) groups excluding carboxylic acids is 2. The highest BCUT2D eigenvalue weighted by Crippen LogP contribution is 2.73. The Balaban J connectivity index is 1.25. The van der Waals surface area contributed by atoms with Crippen molar-refractivity contribution in [1.82, 2.24) is 5.01 Å². The molecule has 2 heterocycles. The van der Waals surface area contributed by atoms with Gasteiger partial charge in [-0.25, -0.2) is 0 Å². The predicted molar refractivity (Wildman–Crippen MR) is 108 cm³/mol. The summed E-state index contributed by atoms with van der Waals surface area (Å²) < 4.78 is 5.86. The topological polar surface area (TPSA) is 62.9 Å². The minimum absolute atomic E-state index is 0.170. The third-order valence-corrected chi connectivity index (χ3v) is 7.46. The van der Waals surface area contributed by atoms with Gasteiger partial charge in [0, 0.05) is 10.6 Å². The summed E-state index contributed by atoms with van der Waals surface area (Å²) in [5, 5.41) is 5.90. The second-order valence-electron chi connectivity index (χ2n) is 8.62. The Bertz CT molecular complexity index is 1090. The lowest BCUT2D eigenvalue weighted by Crippen LogP contribution is -2.30. The molecule has 2 saturated carbocycles. The highest BCUT2D eigenvalue weighted by atomic mass is 35.5. The van der Waals surface area contributed by atoms with Gasteiger partial charge in [-0.15, -0.1) is 0 Å². The monoisotopic (exact) mass is 406 g/mol. The minimum atomic E-state index is -0.238. The Kier molecular flexibility index (Phi) is 3.38. The lowest BCUT2D eigenvalue weighted by molar-refractivity contribution is -0.141. The number of rotatable bonds is 3. The van der Waals surface area contributed by atoms with E-state index in [9.17, 15) is 9.59 Å². The molecule has 2 aromatic rings. The second-order valence-corrected chi connectivity index (χ2v) is 9.05. The van der Waals surface area contributed by atoms with E-state index in [2.05, 4.69) is 17.3 Å². The van der Waals surface area contributed by atoms with Crippen LogP contribution in [-0.4, -0.2) is 23.0 Å². The van der Waals surface area contributed by atoms with Crippen LogP contribution in [0.25, 0.3) is 11.3 Å². The van der Waals surface area contributed by atoms with Crippen LogP contribution in [0.1, 0.15) is 24.2 Å². The molecule has 0 unspecified atom stereocenters. The van der Waals surface area contributed by atoms with E-state index in [0.29, 0.717) is 16.5 Å². The van der Waals surface area contributed by atoms with E-state index < -0.39 is 0 Å². The fraction of sp³-hybridized carbons (Fsp3) is 0.348. The molecule has 0 radical (unpaired) electrons. The van der Waals surface area contributed by atoms with Crippen molar-refractivity contribution < 1.29 is 14.0 Å². The summed E-state index contributed by atoms with van der Waals surface area (Å²) in [6, 6.07) is 9.23. The van der Waals surface area contributed by atoms with Gasteiger partial charge in [-0.2, -0.15) is 10.1 Å². The Hall–Kier alpha value is -2.66. The van der Waals surface area contributed by atoms with Gasteiger partial charge in [0.15, 0.2) is 0 Å². The molecule has 1 aromatic carbocycles. The van der Waals surface area contributed by atoms with Gasteiger partial charge in [-0.3, -0.25) is 9.59 Å². The van der Waals surface area contributed by atoms with Crippen LogP contribution in [-0.2, 0) is 9.59 Å². The summed E-state index contributed by atoms with van der Waals surface area (Å²) in [4.78, 5) is 25.9. The third-order valence-electron chi connectivity index (χ3n) is 7.22. The molecule has 1 saturated heterocycles. The Morgan fingerprint density at radius 2 is 1.79 bits per heavy atom. The standard InChI is InChI=1S/C23H19ClN2O3/c1-12-2-3-13(24)10-15(12)18-7-4-14(29-18)11-25-26-21(27)19-16-5-6-17(20(19)22(26)28)23(16)8-9-23/h2-7,10-11,16-17,19-20H,8-9H2,1H3/b25-11-/t16-,17-,19+,20+/m1/s1. The molecule has 0 N–H and O–H groups in total. The summed E-state index contributed by atoms with van der Waals surface area (Å²) >= 11 is 6.10. The largest absolute Gasteiger partial charge is 0.455 e. The first kappa shape index (κ1) is 17.2. The fourth-order valence-corrected chi connectivity index (χ4v) is 5.89. The minimum Gasteiger partial charge on any atom is -0.455 e. The number of fused-ring (bicyclic) bond motifs is 3.